The predicted octanol–water partition coefficient (Wildman–Crippen LogP) is 0.579. The van der Waals surface area contributed by atoms with Crippen molar-refractivity contribution < 1.29 is 27.7 Å². The van der Waals surface area contributed by atoms with Gasteiger partial charge >= 0.3 is 17.2 Å². The van der Waals surface area contributed by atoms with Crippen LogP contribution in [0.5, 0.6) is 0 Å². The molecular formula is C16H17N3O8S2. The Balaban J connectivity index is 2.22. The molecule has 2 heterocycles. The van der Waals surface area contributed by atoms with Crippen LogP contribution in [0, 0.1) is 10.1 Å². The highest BCUT2D eigenvalue weighted by Crippen LogP contribution is 2.18. The highest BCUT2D eigenvalue weighted by atomic mass is 32.2. The van der Waals surface area contributed by atoms with Crippen molar-refractivity contribution in [3.8, 4) is 0 Å². The first-order valence-corrected chi connectivity index (χ1v) is 10.8. The number of hydrogen-bond donors (Lipinski definition) is 1. The zero-order valence-electron chi connectivity index (χ0n) is 15.4. The molecule has 0 saturated heterocycles. The van der Waals surface area contributed by atoms with Crippen molar-refractivity contribution in [1.82, 2.24) is 9.29 Å². The van der Waals surface area contributed by atoms with Crippen LogP contribution in [0.25, 0.3) is 0 Å². The van der Waals surface area contributed by atoms with Crippen LogP contribution in [0.1, 0.15) is 24.9 Å². The lowest BCUT2D eigenvalue weighted by atomic mass is 10.2. The van der Waals surface area contributed by atoms with E-state index in [0.717, 1.165) is 46.4 Å². The Kier molecular flexibility index (Phi) is 7.00. The molecule has 0 aliphatic rings. The number of thiophene rings is 1. The van der Waals surface area contributed by atoms with Gasteiger partial charge in [0.15, 0.2) is 5.78 Å². The maximum atomic E-state index is 12.5. The highest BCUT2D eigenvalue weighted by Gasteiger charge is 2.22. The van der Waals surface area contributed by atoms with Gasteiger partial charge in [0.2, 0.25) is 10.0 Å². The lowest BCUT2D eigenvalue weighted by Gasteiger charge is -2.06. The van der Waals surface area contributed by atoms with E-state index in [4.69, 9.17) is 0 Å². The van der Waals surface area contributed by atoms with Crippen molar-refractivity contribution in [2.45, 2.75) is 13.0 Å². The zero-order valence-corrected chi connectivity index (χ0v) is 17.0. The number of Topliss-reactive ketones (excluding diaryl/α,β-unsaturated/α-hetero) is 1. The number of methoxy groups -OCH3 is 1. The quantitative estimate of drug-likeness (QED) is 0.255. The smallest absolute Gasteiger partial charge is 0.339 e. The minimum absolute atomic E-state index is 0.166. The van der Waals surface area contributed by atoms with Crippen molar-refractivity contribution in [3.05, 3.63) is 60.2 Å². The van der Waals surface area contributed by atoms with Gasteiger partial charge in [-0.05, 0) is 18.6 Å². The summed E-state index contributed by atoms with van der Waals surface area (Å²) in [5.41, 5.74) is -2.10. The van der Waals surface area contributed by atoms with E-state index in [2.05, 4.69) is 9.46 Å². The number of nitrogens with zero attached hydrogens (tertiary/aromatic N) is 2. The van der Waals surface area contributed by atoms with E-state index in [1.54, 1.807) is 6.07 Å². The summed E-state index contributed by atoms with van der Waals surface area (Å²) >= 11 is 1.12. The third-order valence-electron chi connectivity index (χ3n) is 3.67. The number of pyridine rings is 1. The summed E-state index contributed by atoms with van der Waals surface area (Å²) in [6, 6.07) is 3.97. The SMILES string of the molecule is COC(=O)c1cc([N+](=O)[O-])c(=O)n(CC(=O)c2ccc(CCNS(C)(=O)=O)s2)c1. The first-order chi connectivity index (χ1) is 13.5. The molecule has 0 fully saturated rings. The number of nitro groups is 1. The van der Waals surface area contributed by atoms with Gasteiger partial charge in [-0.25, -0.2) is 17.9 Å². The van der Waals surface area contributed by atoms with E-state index in [1.807, 2.05) is 0 Å². The Morgan fingerprint density at radius 2 is 2.03 bits per heavy atom. The normalized spacial score (nSPS) is 11.2. The molecule has 0 atom stereocenters. The molecule has 0 spiro atoms. The maximum Gasteiger partial charge on any atom is 0.339 e. The topological polar surface area (TPSA) is 155 Å². The number of ketones is 1. The highest BCUT2D eigenvalue weighted by molar-refractivity contribution is 7.88. The zero-order chi connectivity index (χ0) is 21.8. The molecule has 2 aromatic heterocycles. The standard InChI is InChI=1S/C16H17N3O8S2/c1-27-16(22)10-7-12(19(23)24)15(21)18(8-10)9-13(20)14-4-3-11(28-14)5-6-17-29(2,25)26/h3-4,7-8,17H,5-6,9H2,1-2H3. The van der Waals surface area contributed by atoms with Gasteiger partial charge in [0.25, 0.3) is 0 Å². The Morgan fingerprint density at radius 3 is 2.62 bits per heavy atom. The van der Waals surface area contributed by atoms with E-state index in [1.165, 1.54) is 6.07 Å². The van der Waals surface area contributed by atoms with E-state index in [9.17, 15) is 32.9 Å². The van der Waals surface area contributed by atoms with Crippen LogP contribution in [0.2, 0.25) is 0 Å². The summed E-state index contributed by atoms with van der Waals surface area (Å²) in [5.74, 6) is -1.37. The third-order valence-corrected chi connectivity index (χ3v) is 5.59. The lowest BCUT2D eigenvalue weighted by Crippen LogP contribution is -2.27. The molecule has 0 amide bonds. The van der Waals surface area contributed by atoms with E-state index < -0.39 is 44.5 Å². The van der Waals surface area contributed by atoms with Crippen LogP contribution >= 0.6 is 11.3 Å². The second-order valence-corrected chi connectivity index (χ2v) is 8.90. The van der Waals surface area contributed by atoms with Gasteiger partial charge in [0.05, 0.1) is 35.3 Å². The number of rotatable bonds is 9. The molecule has 2 aromatic rings. The van der Waals surface area contributed by atoms with Gasteiger partial charge in [-0.1, -0.05) is 0 Å². The van der Waals surface area contributed by atoms with E-state index in [0.29, 0.717) is 6.42 Å². The molecule has 0 saturated carbocycles. The van der Waals surface area contributed by atoms with Gasteiger partial charge < -0.3 is 9.30 Å². The fraction of sp³-hybridized carbons (Fsp3) is 0.312. The summed E-state index contributed by atoms with van der Waals surface area (Å²) in [6.45, 7) is -0.341. The lowest BCUT2D eigenvalue weighted by molar-refractivity contribution is -0.386. The molecule has 0 radical (unpaired) electrons. The summed E-state index contributed by atoms with van der Waals surface area (Å²) in [7, 11) is -2.23. The van der Waals surface area contributed by atoms with Gasteiger partial charge in [-0.2, -0.15) is 0 Å². The van der Waals surface area contributed by atoms with E-state index in [-0.39, 0.29) is 17.0 Å². The number of esters is 1. The van der Waals surface area contributed by atoms with Gasteiger partial charge in [0.1, 0.15) is 0 Å². The largest absolute Gasteiger partial charge is 0.465 e. The molecule has 13 heteroatoms. The molecule has 0 aromatic carbocycles. The molecule has 0 aliphatic heterocycles. The van der Waals surface area contributed by atoms with Crippen molar-refractivity contribution in [2.75, 3.05) is 19.9 Å². The average molecular weight is 443 g/mol. The van der Waals surface area contributed by atoms with Gasteiger partial charge in [-0.3, -0.25) is 19.7 Å². The number of aromatic nitrogens is 1. The van der Waals surface area contributed by atoms with Crippen molar-refractivity contribution in [3.63, 3.8) is 0 Å². The molecule has 0 unspecified atom stereocenters. The molecule has 11 nitrogen and oxygen atoms in total. The first-order valence-electron chi connectivity index (χ1n) is 8.05. The summed E-state index contributed by atoms with van der Waals surface area (Å²) < 4.78 is 29.8. The van der Waals surface area contributed by atoms with Crippen LogP contribution in [0.15, 0.2) is 29.2 Å². The monoisotopic (exact) mass is 443 g/mol. The predicted molar refractivity (Wildman–Crippen MR) is 104 cm³/mol. The summed E-state index contributed by atoms with van der Waals surface area (Å²) in [4.78, 5) is 47.6. The van der Waals surface area contributed by atoms with Crippen molar-refractivity contribution >= 4 is 38.8 Å². The Hall–Kier alpha value is -2.90. The fourth-order valence-corrected chi connectivity index (χ4v) is 3.76. The fourth-order valence-electron chi connectivity index (χ4n) is 2.35. The van der Waals surface area contributed by atoms with Gasteiger partial charge in [-0.15, -0.1) is 11.3 Å². The van der Waals surface area contributed by atoms with Crippen molar-refractivity contribution in [2.24, 2.45) is 0 Å². The minimum atomic E-state index is -3.32. The summed E-state index contributed by atoms with van der Waals surface area (Å²) in [5, 5.41) is 11.1. The van der Waals surface area contributed by atoms with Crippen LogP contribution < -0.4 is 10.3 Å². The van der Waals surface area contributed by atoms with Crippen molar-refractivity contribution in [1.29, 1.82) is 0 Å². The number of carbonyl (C=O) groups is 2. The average Bonchev–Trinajstić information content (AvgIpc) is 3.10. The second kappa shape index (κ2) is 9.07. The number of carbonyl (C=O) groups excluding carboxylic acids is 2. The molecule has 156 valence electrons. The molecular weight excluding hydrogens is 426 g/mol. The van der Waals surface area contributed by atoms with Crippen LogP contribution in [-0.4, -0.2) is 49.6 Å². The number of ether oxygens (including phenoxy) is 1. The first kappa shape index (κ1) is 22.4. The molecule has 0 aliphatic carbocycles. The Labute approximate surface area is 169 Å². The number of sulfonamides is 1. The number of nitrogens with one attached hydrogen (secondary N) is 1. The molecule has 1 N–H and O–H groups in total. The van der Waals surface area contributed by atoms with Crippen LogP contribution in [0.3, 0.4) is 0 Å². The second-order valence-electron chi connectivity index (χ2n) is 5.90. The molecule has 29 heavy (non-hydrogen) atoms. The molecule has 0 bridgehead atoms. The Morgan fingerprint density at radius 1 is 1.34 bits per heavy atom. The number of hydrogen-bond acceptors (Lipinski definition) is 9. The van der Waals surface area contributed by atoms with Gasteiger partial charge in [0, 0.05) is 23.7 Å². The minimum Gasteiger partial charge on any atom is -0.465 e. The molecule has 2 rings (SSSR count). The van der Waals surface area contributed by atoms with Crippen LogP contribution in [0.4, 0.5) is 5.69 Å². The third kappa shape index (κ3) is 6.04. The van der Waals surface area contributed by atoms with E-state index >= 15 is 0 Å². The van der Waals surface area contributed by atoms with Crippen LogP contribution in [-0.2, 0) is 27.7 Å². The summed E-state index contributed by atoms with van der Waals surface area (Å²) in [6.07, 6.45) is 2.44. The Bertz CT molecular complexity index is 1120. The maximum absolute atomic E-state index is 12.5.